The fourth-order valence-corrected chi connectivity index (χ4v) is 3.98. The van der Waals surface area contributed by atoms with Crippen LogP contribution in [0.15, 0.2) is 70.8 Å². The van der Waals surface area contributed by atoms with E-state index < -0.39 is 40.6 Å². The summed E-state index contributed by atoms with van der Waals surface area (Å²) in [5.41, 5.74) is 0.800. The van der Waals surface area contributed by atoms with Gasteiger partial charge < -0.3 is 20.1 Å². The van der Waals surface area contributed by atoms with Crippen LogP contribution in [0.2, 0.25) is 0 Å². The van der Waals surface area contributed by atoms with Crippen LogP contribution in [-0.4, -0.2) is 46.6 Å². The van der Waals surface area contributed by atoms with Gasteiger partial charge in [0.05, 0.1) is 34.4 Å². The molecule has 2 aromatic rings. The molecule has 0 saturated heterocycles. The lowest BCUT2D eigenvalue weighted by molar-refractivity contribution is -0.139. The molecular formula is C22H23N3O7S. The van der Waals surface area contributed by atoms with Crippen LogP contribution in [0.25, 0.3) is 0 Å². The van der Waals surface area contributed by atoms with Gasteiger partial charge in [-0.25, -0.2) is 27.5 Å². The van der Waals surface area contributed by atoms with Gasteiger partial charge in [-0.2, -0.15) is 0 Å². The number of rotatable bonds is 8. The molecule has 0 saturated carbocycles. The van der Waals surface area contributed by atoms with Gasteiger partial charge >= 0.3 is 18.0 Å². The van der Waals surface area contributed by atoms with Crippen LogP contribution in [0.1, 0.15) is 28.9 Å². The third-order valence-electron chi connectivity index (χ3n) is 4.78. The van der Waals surface area contributed by atoms with E-state index in [2.05, 4.69) is 15.4 Å². The number of carbonyl (C=O) groups excluding carboxylic acids is 3. The Balaban J connectivity index is 1.90. The van der Waals surface area contributed by atoms with Gasteiger partial charge in [-0.3, -0.25) is 0 Å². The Morgan fingerprint density at radius 2 is 1.76 bits per heavy atom. The van der Waals surface area contributed by atoms with Gasteiger partial charge in [0.1, 0.15) is 6.61 Å². The fourth-order valence-electron chi connectivity index (χ4n) is 3.21. The van der Waals surface area contributed by atoms with E-state index in [4.69, 9.17) is 9.47 Å². The van der Waals surface area contributed by atoms with Crippen LogP contribution in [0.4, 0.5) is 4.79 Å². The zero-order chi connectivity index (χ0) is 24.0. The summed E-state index contributed by atoms with van der Waals surface area (Å²) in [5, 5.41) is 5.18. The number of amides is 2. The second-order valence-corrected chi connectivity index (χ2v) is 8.75. The summed E-state index contributed by atoms with van der Waals surface area (Å²) in [7, 11) is -2.50. The molecule has 0 spiro atoms. The number of hydrogen-bond acceptors (Lipinski definition) is 7. The van der Waals surface area contributed by atoms with E-state index in [-0.39, 0.29) is 28.3 Å². The molecule has 11 heteroatoms. The summed E-state index contributed by atoms with van der Waals surface area (Å²) in [6.07, 6.45) is 0. The van der Waals surface area contributed by atoms with Crippen molar-refractivity contribution in [3.8, 4) is 0 Å². The Labute approximate surface area is 191 Å². The molecule has 174 valence electrons. The van der Waals surface area contributed by atoms with E-state index in [0.717, 1.165) is 0 Å². The number of nitrogens with one attached hydrogen (secondary N) is 3. The van der Waals surface area contributed by atoms with Crippen LogP contribution >= 0.6 is 0 Å². The monoisotopic (exact) mass is 473 g/mol. The number of urea groups is 1. The van der Waals surface area contributed by atoms with Gasteiger partial charge in [0.25, 0.3) is 0 Å². The number of benzene rings is 2. The number of sulfonamides is 1. The number of hydrogen-bond donors (Lipinski definition) is 3. The molecule has 33 heavy (non-hydrogen) atoms. The Morgan fingerprint density at radius 1 is 1.03 bits per heavy atom. The lowest BCUT2D eigenvalue weighted by atomic mass is 9.95. The molecule has 0 aliphatic carbocycles. The first-order chi connectivity index (χ1) is 15.8. The Bertz CT molecular complexity index is 1190. The molecular weight excluding hydrogens is 450 g/mol. The highest BCUT2D eigenvalue weighted by Crippen LogP contribution is 2.28. The zero-order valence-electron chi connectivity index (χ0n) is 18.0. The minimum absolute atomic E-state index is 0.00974. The van der Waals surface area contributed by atoms with Gasteiger partial charge in [0, 0.05) is 0 Å². The highest BCUT2D eigenvalue weighted by Gasteiger charge is 2.34. The highest BCUT2D eigenvalue weighted by atomic mass is 32.2. The van der Waals surface area contributed by atoms with Crippen LogP contribution < -0.4 is 15.4 Å². The molecule has 3 N–H and O–H groups in total. The average Bonchev–Trinajstić information content (AvgIpc) is 2.82. The van der Waals surface area contributed by atoms with Crippen molar-refractivity contribution >= 4 is 28.0 Å². The standard InChI is InChI=1S/C22H23N3O7S/c1-3-31-21(27)18-17(24-22(28)25-19(18)14-8-5-4-6-9-14)13-32-20(26)15-10-7-11-16(12-15)33(29,30)23-2/h4-12,19,23H,3,13H2,1-2H3,(H2,24,25,28). The smallest absolute Gasteiger partial charge is 0.338 e. The second kappa shape index (κ2) is 10.3. The van der Waals surface area contributed by atoms with E-state index in [1.807, 2.05) is 0 Å². The average molecular weight is 474 g/mol. The van der Waals surface area contributed by atoms with Crippen molar-refractivity contribution in [2.45, 2.75) is 17.9 Å². The molecule has 2 aromatic carbocycles. The van der Waals surface area contributed by atoms with Crippen LogP contribution in [-0.2, 0) is 24.3 Å². The topological polar surface area (TPSA) is 140 Å². The second-order valence-electron chi connectivity index (χ2n) is 6.87. The van der Waals surface area contributed by atoms with E-state index in [1.54, 1.807) is 37.3 Å². The van der Waals surface area contributed by atoms with Gasteiger partial charge in [0.15, 0.2) is 0 Å². The number of carbonyl (C=O) groups is 3. The maximum atomic E-state index is 12.7. The van der Waals surface area contributed by atoms with Gasteiger partial charge in [-0.15, -0.1) is 0 Å². The van der Waals surface area contributed by atoms with Crippen molar-refractivity contribution in [3.05, 3.63) is 77.0 Å². The van der Waals surface area contributed by atoms with E-state index in [1.165, 1.54) is 31.3 Å². The van der Waals surface area contributed by atoms with Crippen molar-refractivity contribution in [1.29, 1.82) is 0 Å². The summed E-state index contributed by atoms with van der Waals surface area (Å²) in [6, 6.07) is 12.7. The molecule has 3 rings (SSSR count). The summed E-state index contributed by atoms with van der Waals surface area (Å²) >= 11 is 0. The first-order valence-electron chi connectivity index (χ1n) is 10.00. The summed E-state index contributed by atoms with van der Waals surface area (Å²) in [5.74, 6) is -1.50. The van der Waals surface area contributed by atoms with Gasteiger partial charge in [0.2, 0.25) is 10.0 Å². The summed E-state index contributed by atoms with van der Waals surface area (Å²) in [4.78, 5) is 37.5. The summed E-state index contributed by atoms with van der Waals surface area (Å²) in [6.45, 7) is 1.32. The van der Waals surface area contributed by atoms with Crippen molar-refractivity contribution in [2.24, 2.45) is 0 Å². The van der Waals surface area contributed by atoms with E-state index >= 15 is 0 Å². The number of esters is 2. The van der Waals surface area contributed by atoms with Crippen LogP contribution in [0.3, 0.4) is 0 Å². The highest BCUT2D eigenvalue weighted by molar-refractivity contribution is 7.89. The largest absolute Gasteiger partial charge is 0.463 e. The zero-order valence-corrected chi connectivity index (χ0v) is 18.8. The Kier molecular flexibility index (Phi) is 7.46. The Morgan fingerprint density at radius 3 is 2.42 bits per heavy atom. The van der Waals surface area contributed by atoms with Crippen LogP contribution in [0, 0.1) is 0 Å². The van der Waals surface area contributed by atoms with Crippen LogP contribution in [0.5, 0.6) is 0 Å². The SMILES string of the molecule is CCOC(=O)C1=C(COC(=O)c2cccc(S(=O)(=O)NC)c2)NC(=O)NC1c1ccccc1. The van der Waals surface area contributed by atoms with E-state index in [9.17, 15) is 22.8 Å². The predicted octanol–water partition coefficient (Wildman–Crippen LogP) is 1.62. The van der Waals surface area contributed by atoms with Gasteiger partial charge in [-0.05, 0) is 37.7 Å². The molecule has 0 bridgehead atoms. The molecule has 1 atom stereocenters. The third-order valence-corrected chi connectivity index (χ3v) is 6.19. The Hall–Kier alpha value is -3.70. The quantitative estimate of drug-likeness (QED) is 0.495. The van der Waals surface area contributed by atoms with E-state index in [0.29, 0.717) is 5.56 Å². The molecule has 0 radical (unpaired) electrons. The minimum atomic E-state index is -3.75. The maximum absolute atomic E-state index is 12.7. The number of ether oxygens (including phenoxy) is 2. The predicted molar refractivity (Wildman–Crippen MR) is 117 cm³/mol. The van der Waals surface area contributed by atoms with Crippen molar-refractivity contribution in [2.75, 3.05) is 20.3 Å². The molecule has 10 nitrogen and oxygen atoms in total. The molecule has 0 aromatic heterocycles. The molecule has 1 aliphatic rings. The lowest BCUT2D eigenvalue weighted by Crippen LogP contribution is -2.47. The molecule has 1 heterocycles. The first-order valence-corrected chi connectivity index (χ1v) is 11.5. The van der Waals surface area contributed by atoms with Gasteiger partial charge in [-0.1, -0.05) is 36.4 Å². The molecule has 1 aliphatic heterocycles. The summed E-state index contributed by atoms with van der Waals surface area (Å²) < 4.78 is 36.6. The maximum Gasteiger partial charge on any atom is 0.338 e. The lowest BCUT2D eigenvalue weighted by Gasteiger charge is -2.29. The first kappa shape index (κ1) is 24.0. The molecule has 1 unspecified atom stereocenters. The molecule has 2 amide bonds. The fraction of sp³-hybridized carbons (Fsp3) is 0.227. The molecule has 0 fully saturated rings. The van der Waals surface area contributed by atoms with Crippen molar-refractivity contribution in [1.82, 2.24) is 15.4 Å². The van der Waals surface area contributed by atoms with Crippen molar-refractivity contribution in [3.63, 3.8) is 0 Å². The third kappa shape index (κ3) is 5.57. The normalized spacial score (nSPS) is 15.9. The van der Waals surface area contributed by atoms with Crippen molar-refractivity contribution < 1.29 is 32.3 Å². The minimum Gasteiger partial charge on any atom is -0.463 e.